The van der Waals surface area contributed by atoms with Crippen molar-refractivity contribution in [3.8, 4) is 0 Å². The van der Waals surface area contributed by atoms with Gasteiger partial charge in [0.15, 0.2) is 4.80 Å². The van der Waals surface area contributed by atoms with Gasteiger partial charge in [0.25, 0.3) is 11.2 Å². The third-order valence-corrected chi connectivity index (χ3v) is 8.44. The van der Waals surface area contributed by atoms with E-state index in [0.29, 0.717) is 26.2 Å². The van der Waals surface area contributed by atoms with Gasteiger partial charge in [-0.1, -0.05) is 17.4 Å². The minimum Gasteiger partial charge on any atom is -0.463 e. The first-order chi connectivity index (χ1) is 17.9. The maximum atomic E-state index is 13.8. The summed E-state index contributed by atoms with van der Waals surface area (Å²) in [6, 6.07) is 7.91. The van der Waals surface area contributed by atoms with Gasteiger partial charge in [0.2, 0.25) is 0 Å². The number of carbonyl (C=O) groups excluding carboxylic acids is 1. The zero-order valence-electron chi connectivity index (χ0n) is 20.5. The van der Waals surface area contributed by atoms with Gasteiger partial charge in [0.1, 0.15) is 6.04 Å². The molecule has 1 fully saturated rings. The molecule has 0 saturated carbocycles. The molecule has 192 valence electrons. The molecular formula is C26H26N4O5S2. The van der Waals surface area contributed by atoms with Crippen LogP contribution in [0.15, 0.2) is 56.8 Å². The van der Waals surface area contributed by atoms with Crippen LogP contribution < -0.4 is 19.8 Å². The normalized spacial score (nSPS) is 17.9. The molecule has 0 amide bonds. The van der Waals surface area contributed by atoms with Crippen LogP contribution in [0, 0.1) is 10.1 Å². The summed E-state index contributed by atoms with van der Waals surface area (Å²) in [5.41, 5.74) is 2.01. The Morgan fingerprint density at radius 1 is 1.27 bits per heavy atom. The van der Waals surface area contributed by atoms with E-state index in [2.05, 4.69) is 9.89 Å². The van der Waals surface area contributed by atoms with E-state index in [9.17, 15) is 19.7 Å². The molecule has 3 aromatic rings. The molecule has 0 N–H and O–H groups in total. The topological polar surface area (TPSA) is 107 Å². The number of non-ortho nitro benzene ring substituents is 1. The van der Waals surface area contributed by atoms with Crippen LogP contribution >= 0.6 is 22.7 Å². The van der Waals surface area contributed by atoms with Crippen molar-refractivity contribution in [1.29, 1.82) is 0 Å². The summed E-state index contributed by atoms with van der Waals surface area (Å²) in [5.74, 6) is -0.498. The van der Waals surface area contributed by atoms with E-state index in [4.69, 9.17) is 4.74 Å². The SMILES string of the molecule is CCOC(=O)C1=C(C)N=c2sc(=Cc3cc([N+](=O)[O-])ccc3N3CCCCC3)c(=O)n2[C@H]1c1cccs1. The van der Waals surface area contributed by atoms with Crippen LogP contribution in [0.1, 0.15) is 49.6 Å². The number of thiophene rings is 1. The highest BCUT2D eigenvalue weighted by atomic mass is 32.1. The molecule has 0 spiro atoms. The second-order valence-corrected chi connectivity index (χ2v) is 10.9. The molecule has 11 heteroatoms. The number of allylic oxidation sites excluding steroid dienone is 1. The molecule has 0 radical (unpaired) electrons. The predicted molar refractivity (Wildman–Crippen MR) is 144 cm³/mol. The maximum absolute atomic E-state index is 13.8. The van der Waals surface area contributed by atoms with E-state index in [1.54, 1.807) is 30.6 Å². The van der Waals surface area contributed by atoms with Crippen molar-refractivity contribution in [2.75, 3.05) is 24.6 Å². The lowest BCUT2D eigenvalue weighted by Gasteiger charge is -2.30. The molecule has 9 nitrogen and oxygen atoms in total. The third-order valence-electron chi connectivity index (χ3n) is 6.53. The number of hydrogen-bond donors (Lipinski definition) is 0. The second-order valence-electron chi connectivity index (χ2n) is 8.87. The first-order valence-electron chi connectivity index (χ1n) is 12.2. The highest BCUT2D eigenvalue weighted by Crippen LogP contribution is 2.33. The molecule has 2 aliphatic rings. The molecule has 37 heavy (non-hydrogen) atoms. The van der Waals surface area contributed by atoms with Crippen molar-refractivity contribution in [3.63, 3.8) is 0 Å². The number of hydrogen-bond acceptors (Lipinski definition) is 9. The molecule has 2 aromatic heterocycles. The van der Waals surface area contributed by atoms with E-state index < -0.39 is 16.9 Å². The van der Waals surface area contributed by atoms with Crippen molar-refractivity contribution in [2.24, 2.45) is 4.99 Å². The van der Waals surface area contributed by atoms with Gasteiger partial charge in [-0.2, -0.15) is 0 Å². The third kappa shape index (κ3) is 4.76. The van der Waals surface area contributed by atoms with Crippen LogP contribution in [0.2, 0.25) is 0 Å². The van der Waals surface area contributed by atoms with Gasteiger partial charge in [-0.3, -0.25) is 19.5 Å². The number of thiazole rings is 1. The van der Waals surface area contributed by atoms with Gasteiger partial charge in [-0.05, 0) is 56.7 Å². The number of rotatable bonds is 6. The van der Waals surface area contributed by atoms with E-state index in [1.165, 1.54) is 34.8 Å². The largest absolute Gasteiger partial charge is 0.463 e. The van der Waals surface area contributed by atoms with Crippen molar-refractivity contribution in [1.82, 2.24) is 4.57 Å². The molecule has 1 atom stereocenters. The summed E-state index contributed by atoms with van der Waals surface area (Å²) in [4.78, 5) is 46.0. The van der Waals surface area contributed by atoms with Crippen molar-refractivity contribution >= 4 is 46.1 Å². The van der Waals surface area contributed by atoms with E-state index in [-0.39, 0.29) is 17.9 Å². The predicted octanol–water partition coefficient (Wildman–Crippen LogP) is 3.76. The molecule has 0 unspecified atom stereocenters. The number of carbonyl (C=O) groups is 1. The zero-order valence-corrected chi connectivity index (χ0v) is 22.1. The standard InChI is InChI=1S/C26H26N4O5S2/c1-3-35-25(32)22-16(2)27-26-29(23(22)20-8-7-13-36-20)24(31)21(37-26)15-17-14-18(30(33)34)9-10-19(17)28-11-5-4-6-12-28/h7-10,13-15,23H,3-6,11-12H2,1-2H3/t23-/m0/s1. The molecule has 0 bridgehead atoms. The van der Waals surface area contributed by atoms with Gasteiger partial charge < -0.3 is 9.64 Å². The van der Waals surface area contributed by atoms with E-state index in [1.807, 2.05) is 17.5 Å². The quantitative estimate of drug-likeness (QED) is 0.269. The Bertz CT molecular complexity index is 1560. The fourth-order valence-electron chi connectivity index (χ4n) is 4.84. The lowest BCUT2D eigenvalue weighted by Crippen LogP contribution is -2.39. The number of esters is 1. The second kappa shape index (κ2) is 10.4. The first kappa shape index (κ1) is 25.1. The number of fused-ring (bicyclic) bond motifs is 1. The molecule has 5 rings (SSSR count). The Balaban J connectivity index is 1.70. The van der Waals surface area contributed by atoms with Crippen LogP contribution in [0.4, 0.5) is 11.4 Å². The highest BCUT2D eigenvalue weighted by Gasteiger charge is 2.34. The highest BCUT2D eigenvalue weighted by molar-refractivity contribution is 7.10. The van der Waals surface area contributed by atoms with Gasteiger partial charge in [0.05, 0.1) is 27.3 Å². The van der Waals surface area contributed by atoms with Crippen molar-refractivity contribution < 1.29 is 14.5 Å². The van der Waals surface area contributed by atoms with Crippen LogP contribution in [-0.2, 0) is 9.53 Å². The minimum atomic E-state index is -0.649. The fourth-order valence-corrected chi connectivity index (χ4v) is 6.70. The number of ether oxygens (including phenoxy) is 1. The Morgan fingerprint density at radius 3 is 2.73 bits per heavy atom. The van der Waals surface area contributed by atoms with Gasteiger partial charge >= 0.3 is 5.97 Å². The zero-order chi connectivity index (χ0) is 26.1. The Morgan fingerprint density at radius 2 is 2.05 bits per heavy atom. The van der Waals surface area contributed by atoms with Crippen LogP contribution in [0.25, 0.3) is 6.08 Å². The van der Waals surface area contributed by atoms with Crippen LogP contribution in [0.5, 0.6) is 0 Å². The van der Waals surface area contributed by atoms with Crippen LogP contribution in [0.3, 0.4) is 0 Å². The monoisotopic (exact) mass is 538 g/mol. The maximum Gasteiger partial charge on any atom is 0.338 e. The summed E-state index contributed by atoms with van der Waals surface area (Å²) < 4.78 is 7.26. The number of nitrogens with zero attached hydrogens (tertiary/aromatic N) is 4. The van der Waals surface area contributed by atoms with Gasteiger partial charge in [0, 0.05) is 41.4 Å². The number of benzene rings is 1. The van der Waals surface area contributed by atoms with Crippen LogP contribution in [-0.4, -0.2) is 35.2 Å². The smallest absolute Gasteiger partial charge is 0.338 e. The molecule has 2 aliphatic heterocycles. The Kier molecular flexibility index (Phi) is 7.07. The number of nitro groups is 1. The fraction of sp³-hybridized carbons (Fsp3) is 0.346. The first-order valence-corrected chi connectivity index (χ1v) is 13.8. The van der Waals surface area contributed by atoms with Crippen molar-refractivity contribution in [2.45, 2.75) is 39.2 Å². The minimum absolute atomic E-state index is 0.0308. The molecule has 4 heterocycles. The summed E-state index contributed by atoms with van der Waals surface area (Å²) in [7, 11) is 0. The number of nitro benzene ring substituents is 1. The summed E-state index contributed by atoms with van der Waals surface area (Å²) in [5, 5.41) is 13.4. The molecule has 1 saturated heterocycles. The summed E-state index contributed by atoms with van der Waals surface area (Å²) in [6.07, 6.45) is 4.97. The van der Waals surface area contributed by atoms with Gasteiger partial charge in [-0.25, -0.2) is 9.79 Å². The summed E-state index contributed by atoms with van der Waals surface area (Å²) in [6.45, 7) is 5.42. The summed E-state index contributed by atoms with van der Waals surface area (Å²) >= 11 is 2.67. The average molecular weight is 539 g/mol. The lowest BCUT2D eigenvalue weighted by molar-refractivity contribution is -0.384. The van der Waals surface area contributed by atoms with Gasteiger partial charge in [-0.15, -0.1) is 11.3 Å². The van der Waals surface area contributed by atoms with E-state index >= 15 is 0 Å². The average Bonchev–Trinajstić information content (AvgIpc) is 3.52. The number of aromatic nitrogens is 1. The number of piperidine rings is 1. The Labute approximate surface area is 220 Å². The van der Waals surface area contributed by atoms with Crippen molar-refractivity contribution in [3.05, 3.63) is 87.2 Å². The Hall–Kier alpha value is -3.57. The number of anilines is 1. The lowest BCUT2D eigenvalue weighted by atomic mass is 10.0. The molecule has 1 aromatic carbocycles. The molecular weight excluding hydrogens is 512 g/mol. The molecule has 0 aliphatic carbocycles. The van der Waals surface area contributed by atoms with E-state index in [0.717, 1.165) is 42.9 Å².